The van der Waals surface area contributed by atoms with Crippen molar-refractivity contribution in [3.05, 3.63) is 34.4 Å². The van der Waals surface area contributed by atoms with Gasteiger partial charge < -0.3 is 9.40 Å². The summed E-state index contributed by atoms with van der Waals surface area (Å²) in [4.78, 5) is 21.5. The third-order valence-corrected chi connectivity index (χ3v) is 4.22. The normalized spacial score (nSPS) is 19.6. The van der Waals surface area contributed by atoms with Gasteiger partial charge in [0.15, 0.2) is 0 Å². The second kappa shape index (κ2) is 5.49. The number of likely N-dealkylation sites (tertiary alicyclic amines) is 1. The number of rotatable bonds is 2. The summed E-state index contributed by atoms with van der Waals surface area (Å²) in [6.07, 6.45) is 0.609. The topological polar surface area (TPSA) is 62.1 Å². The number of furan rings is 1. The van der Waals surface area contributed by atoms with E-state index >= 15 is 0 Å². The number of H-pyrrole nitrogens is 1. The molecule has 23 heavy (non-hydrogen) atoms. The highest BCUT2D eigenvalue weighted by Crippen LogP contribution is 2.24. The molecule has 1 fully saturated rings. The van der Waals surface area contributed by atoms with Crippen LogP contribution in [0.5, 0.6) is 0 Å². The van der Waals surface area contributed by atoms with E-state index in [4.69, 9.17) is 12.3 Å². The maximum atomic E-state index is 13.5. The fourth-order valence-electron chi connectivity index (χ4n) is 3.15. The highest BCUT2D eigenvalue weighted by Gasteiger charge is 2.21. The third kappa shape index (κ3) is 2.65. The Labute approximate surface area is 132 Å². The number of nitrogens with one attached hydrogen (secondary N) is 1. The molecule has 1 aromatic carbocycles. The Bertz CT molecular complexity index is 936. The number of benzene rings is 1. The van der Waals surface area contributed by atoms with Crippen molar-refractivity contribution in [3.63, 3.8) is 0 Å². The number of aromatic amines is 1. The number of aromatic nitrogens is 2. The van der Waals surface area contributed by atoms with Crippen LogP contribution in [0.15, 0.2) is 27.4 Å². The lowest BCUT2D eigenvalue weighted by Crippen LogP contribution is -2.36. The number of alkyl halides is 1. The minimum Gasteiger partial charge on any atom is -0.449 e. The van der Waals surface area contributed by atoms with Gasteiger partial charge in [-0.15, -0.1) is 0 Å². The molecule has 1 aliphatic rings. The average molecular weight is 311 g/mol. The van der Waals surface area contributed by atoms with Gasteiger partial charge in [-0.2, -0.15) is 0 Å². The molecule has 0 spiro atoms. The molecule has 2 radical (unpaired) electrons. The number of hydrogen-bond acceptors (Lipinski definition) is 4. The lowest BCUT2D eigenvalue weighted by atomic mass is 9.95. The molecule has 1 unspecified atom stereocenters. The van der Waals surface area contributed by atoms with E-state index in [1.165, 1.54) is 0 Å². The average Bonchev–Trinajstić information content (AvgIpc) is 2.86. The van der Waals surface area contributed by atoms with Crippen LogP contribution in [0.1, 0.15) is 18.7 Å². The zero-order valence-electron chi connectivity index (χ0n) is 12.5. The maximum absolute atomic E-state index is 13.5. The smallest absolute Gasteiger partial charge is 0.294 e. The Morgan fingerprint density at radius 3 is 3.17 bits per heavy atom. The van der Waals surface area contributed by atoms with Gasteiger partial charge in [0.05, 0.1) is 6.54 Å². The predicted molar refractivity (Wildman–Crippen MR) is 86.9 cm³/mol. The van der Waals surface area contributed by atoms with Crippen molar-refractivity contribution in [2.75, 3.05) is 13.1 Å². The largest absolute Gasteiger partial charge is 0.449 e. The molecule has 0 amide bonds. The summed E-state index contributed by atoms with van der Waals surface area (Å²) in [5.41, 5.74) is 1.52. The van der Waals surface area contributed by atoms with Crippen LogP contribution in [0.25, 0.3) is 22.1 Å². The van der Waals surface area contributed by atoms with Crippen LogP contribution in [0.4, 0.5) is 4.39 Å². The number of fused-ring (bicyclic) bond motifs is 3. The van der Waals surface area contributed by atoms with Crippen molar-refractivity contribution in [1.29, 1.82) is 0 Å². The summed E-state index contributed by atoms with van der Waals surface area (Å²) >= 11 is 0. The molecule has 0 aliphatic carbocycles. The molecule has 2 aromatic heterocycles. The predicted octanol–water partition coefficient (Wildman–Crippen LogP) is 1.40. The Kier molecular flexibility index (Phi) is 3.45. The summed E-state index contributed by atoms with van der Waals surface area (Å²) in [5.74, 6) is 0.515. The first-order valence-electron chi connectivity index (χ1n) is 7.67. The molecule has 4 rings (SSSR count). The van der Waals surface area contributed by atoms with Crippen molar-refractivity contribution in [2.45, 2.75) is 25.6 Å². The van der Waals surface area contributed by atoms with Crippen molar-refractivity contribution in [2.24, 2.45) is 0 Å². The second-order valence-electron chi connectivity index (χ2n) is 6.02. The minimum atomic E-state index is -0.811. The summed E-state index contributed by atoms with van der Waals surface area (Å²) < 4.78 is 19.1. The molecule has 1 atom stereocenters. The number of halogens is 1. The van der Waals surface area contributed by atoms with Gasteiger partial charge in [-0.05, 0) is 25.5 Å². The van der Waals surface area contributed by atoms with E-state index < -0.39 is 6.17 Å². The fourth-order valence-corrected chi connectivity index (χ4v) is 3.15. The summed E-state index contributed by atoms with van der Waals surface area (Å²) in [7, 11) is 5.81. The molecule has 1 aliphatic heterocycles. The Morgan fingerprint density at radius 2 is 2.35 bits per heavy atom. The first-order valence-corrected chi connectivity index (χ1v) is 7.67. The van der Waals surface area contributed by atoms with Crippen molar-refractivity contribution < 1.29 is 8.81 Å². The van der Waals surface area contributed by atoms with Crippen LogP contribution in [-0.2, 0) is 6.54 Å². The van der Waals surface area contributed by atoms with Gasteiger partial charge in [-0.25, -0.2) is 9.37 Å². The number of nitrogens with zero attached hydrogens (tertiary/aromatic N) is 2. The zero-order chi connectivity index (χ0) is 16.0. The monoisotopic (exact) mass is 311 g/mol. The van der Waals surface area contributed by atoms with E-state index in [0.717, 1.165) is 18.4 Å². The van der Waals surface area contributed by atoms with E-state index in [9.17, 15) is 9.18 Å². The van der Waals surface area contributed by atoms with Gasteiger partial charge in [-0.1, -0.05) is 17.6 Å². The van der Waals surface area contributed by atoms with Crippen molar-refractivity contribution >= 4 is 35.4 Å². The molecule has 1 saturated heterocycles. The third-order valence-electron chi connectivity index (χ3n) is 4.22. The van der Waals surface area contributed by atoms with E-state index in [1.54, 1.807) is 18.2 Å². The first kappa shape index (κ1) is 14.4. The minimum absolute atomic E-state index is 0.191. The van der Waals surface area contributed by atoms with E-state index in [0.29, 0.717) is 41.9 Å². The number of hydrogen-bond donors (Lipinski definition) is 1. The zero-order valence-corrected chi connectivity index (χ0v) is 12.5. The van der Waals surface area contributed by atoms with Crippen LogP contribution < -0.4 is 11.0 Å². The summed E-state index contributed by atoms with van der Waals surface area (Å²) in [6.45, 7) is 1.60. The van der Waals surface area contributed by atoms with E-state index in [2.05, 4.69) is 9.97 Å². The van der Waals surface area contributed by atoms with Gasteiger partial charge in [0.2, 0.25) is 5.58 Å². The molecule has 5 nitrogen and oxygen atoms in total. The molecular formula is C16H15BFN3O2. The van der Waals surface area contributed by atoms with Crippen molar-refractivity contribution in [3.8, 4) is 0 Å². The molecule has 7 heteroatoms. The van der Waals surface area contributed by atoms with Gasteiger partial charge in [0.1, 0.15) is 30.9 Å². The highest BCUT2D eigenvalue weighted by molar-refractivity contribution is 6.33. The van der Waals surface area contributed by atoms with Crippen LogP contribution >= 0.6 is 0 Å². The van der Waals surface area contributed by atoms with Crippen LogP contribution in [0.2, 0.25) is 0 Å². The number of piperidine rings is 1. The van der Waals surface area contributed by atoms with Gasteiger partial charge in [-0.3, -0.25) is 9.69 Å². The standard InChI is InChI=1S/C16H15BFN3O2/c17-9-3-4-12-11(6-9)14-15(23-12)16(22)20-13(19-14)8-21-5-1-2-10(18)7-21/h3-4,6,10H,1-2,5,7-8H2,(H,19,20,22). The van der Waals surface area contributed by atoms with Gasteiger partial charge >= 0.3 is 0 Å². The molecule has 3 heterocycles. The Morgan fingerprint density at radius 1 is 1.48 bits per heavy atom. The molecule has 1 N–H and O–H groups in total. The molecular weight excluding hydrogens is 296 g/mol. The second-order valence-corrected chi connectivity index (χ2v) is 6.02. The molecule has 0 saturated carbocycles. The quantitative estimate of drug-likeness (QED) is 0.727. The van der Waals surface area contributed by atoms with Crippen LogP contribution in [0.3, 0.4) is 0 Å². The van der Waals surface area contributed by atoms with E-state index in [1.807, 2.05) is 4.90 Å². The molecule has 0 bridgehead atoms. The van der Waals surface area contributed by atoms with Crippen molar-refractivity contribution in [1.82, 2.24) is 14.9 Å². The lowest BCUT2D eigenvalue weighted by molar-refractivity contribution is 0.130. The van der Waals surface area contributed by atoms with Crippen LogP contribution in [-0.4, -0.2) is 42.0 Å². The Balaban J connectivity index is 1.77. The maximum Gasteiger partial charge on any atom is 0.294 e. The van der Waals surface area contributed by atoms with Gasteiger partial charge in [0, 0.05) is 11.9 Å². The summed E-state index contributed by atoms with van der Waals surface area (Å²) in [6, 6.07) is 5.19. The SMILES string of the molecule is [B]c1ccc2oc3c(=O)[nH]c(CN4CCCC(F)C4)nc3c2c1. The molecule has 116 valence electrons. The summed E-state index contributed by atoms with van der Waals surface area (Å²) in [5, 5.41) is 0.717. The lowest BCUT2D eigenvalue weighted by Gasteiger charge is -2.28. The van der Waals surface area contributed by atoms with E-state index in [-0.39, 0.29) is 11.1 Å². The van der Waals surface area contributed by atoms with Crippen LogP contribution in [0, 0.1) is 0 Å². The molecule has 3 aromatic rings. The fraction of sp³-hybridized carbons (Fsp3) is 0.375. The first-order chi connectivity index (χ1) is 11.1. The Hall–Kier alpha value is -2.15. The van der Waals surface area contributed by atoms with Gasteiger partial charge in [0.25, 0.3) is 5.56 Å². The highest BCUT2D eigenvalue weighted by atomic mass is 19.1.